The van der Waals surface area contributed by atoms with Gasteiger partial charge in [-0.05, 0) is 24.3 Å². The number of amides is 1. The number of aliphatic hydroxyl groups is 1. The number of carbonyl (C=O) groups is 2. The average molecular weight is 398 g/mol. The zero-order valence-corrected chi connectivity index (χ0v) is 14.1. The van der Waals surface area contributed by atoms with Crippen LogP contribution in [0.25, 0.3) is 0 Å². The molecule has 1 saturated heterocycles. The molecule has 0 radical (unpaired) electrons. The molecule has 0 aliphatic carbocycles. The molecule has 10 heteroatoms. The van der Waals surface area contributed by atoms with E-state index >= 15 is 0 Å². The maximum atomic E-state index is 13.2. The first kappa shape index (κ1) is 19.9. The molecule has 1 aliphatic heterocycles. The van der Waals surface area contributed by atoms with Gasteiger partial charge in [-0.2, -0.15) is 13.2 Å². The molecule has 6 nitrogen and oxygen atoms in total. The average Bonchev–Trinajstić information content (AvgIpc) is 3.50. The Kier molecular flexibility index (Phi) is 5.43. The molecule has 1 amide bonds. The third-order valence-electron chi connectivity index (χ3n) is 4.12. The monoisotopic (exact) mass is 398 g/mol. The predicted molar refractivity (Wildman–Crippen MR) is 86.6 cm³/mol. The summed E-state index contributed by atoms with van der Waals surface area (Å²) in [7, 11) is 0. The van der Waals surface area contributed by atoms with Crippen molar-refractivity contribution < 1.29 is 37.0 Å². The second kappa shape index (κ2) is 7.64. The van der Waals surface area contributed by atoms with Gasteiger partial charge in [-0.1, -0.05) is 6.07 Å². The normalized spacial score (nSPS) is 18.2. The summed E-state index contributed by atoms with van der Waals surface area (Å²) in [5, 5.41) is 12.6. The summed E-state index contributed by atoms with van der Waals surface area (Å²) in [6, 6.07) is 2.90. The highest BCUT2D eigenvalue weighted by atomic mass is 19.4. The lowest BCUT2D eigenvalue weighted by atomic mass is 9.97. The Morgan fingerprint density at radius 2 is 2.00 bits per heavy atom. The fourth-order valence-corrected chi connectivity index (χ4v) is 2.63. The minimum atomic E-state index is -4.99. The van der Waals surface area contributed by atoms with Crippen molar-refractivity contribution in [2.75, 3.05) is 6.61 Å². The van der Waals surface area contributed by atoms with Gasteiger partial charge in [0.2, 0.25) is 0 Å². The van der Waals surface area contributed by atoms with Gasteiger partial charge in [0.1, 0.15) is 24.1 Å². The van der Waals surface area contributed by atoms with E-state index in [9.17, 15) is 32.3 Å². The molecule has 1 fully saturated rings. The molecule has 1 aromatic carbocycles. The lowest BCUT2D eigenvalue weighted by Crippen LogP contribution is -2.47. The van der Waals surface area contributed by atoms with E-state index in [0.717, 1.165) is 0 Å². The summed E-state index contributed by atoms with van der Waals surface area (Å²) in [6.07, 6.45) is -4.75. The Bertz CT molecular complexity index is 885. The Morgan fingerprint density at radius 3 is 2.57 bits per heavy atom. The van der Waals surface area contributed by atoms with Crippen molar-refractivity contribution in [3.05, 3.63) is 65.2 Å². The van der Waals surface area contributed by atoms with Crippen LogP contribution >= 0.6 is 0 Å². The lowest BCUT2D eigenvalue weighted by Gasteiger charge is -2.23. The van der Waals surface area contributed by atoms with Crippen LogP contribution in [-0.4, -0.2) is 40.5 Å². The van der Waals surface area contributed by atoms with Crippen LogP contribution in [0.4, 0.5) is 17.6 Å². The Morgan fingerprint density at radius 1 is 1.29 bits per heavy atom. The van der Waals surface area contributed by atoms with E-state index in [0.29, 0.717) is 12.1 Å². The Balaban J connectivity index is 1.91. The molecule has 0 bridgehead atoms. The number of nitrogens with one attached hydrogen (secondary N) is 1. The van der Waals surface area contributed by atoms with E-state index in [1.54, 1.807) is 0 Å². The summed E-state index contributed by atoms with van der Waals surface area (Å²) in [4.78, 5) is 28.7. The first-order valence-electron chi connectivity index (χ1n) is 8.09. The second-order valence-electron chi connectivity index (χ2n) is 6.09. The van der Waals surface area contributed by atoms with Crippen molar-refractivity contribution in [2.24, 2.45) is 0 Å². The Labute approximate surface area is 156 Å². The molecular weight excluding hydrogens is 384 g/mol. The van der Waals surface area contributed by atoms with Crippen LogP contribution in [0.5, 0.6) is 0 Å². The largest absolute Gasteiger partial charge is 0.417 e. The van der Waals surface area contributed by atoms with E-state index in [-0.39, 0.29) is 18.2 Å². The van der Waals surface area contributed by atoms with Crippen LogP contribution < -0.4 is 5.32 Å². The zero-order chi connectivity index (χ0) is 20.5. The number of nitrogens with zero attached hydrogens (tertiary/aromatic N) is 1. The molecule has 1 aromatic heterocycles. The van der Waals surface area contributed by atoms with Gasteiger partial charge in [-0.25, -0.2) is 4.39 Å². The maximum Gasteiger partial charge on any atom is 0.417 e. The van der Waals surface area contributed by atoms with Crippen molar-refractivity contribution >= 4 is 11.7 Å². The molecule has 28 heavy (non-hydrogen) atoms. The van der Waals surface area contributed by atoms with Gasteiger partial charge in [0.15, 0.2) is 5.78 Å². The van der Waals surface area contributed by atoms with Crippen LogP contribution in [0.3, 0.4) is 0 Å². The first-order valence-corrected chi connectivity index (χ1v) is 8.09. The number of hydrogen-bond acceptors (Lipinski definition) is 5. The minimum absolute atomic E-state index is 0.0787. The van der Waals surface area contributed by atoms with Crippen LogP contribution in [0.2, 0.25) is 0 Å². The topological polar surface area (TPSA) is 91.8 Å². The quantitative estimate of drug-likeness (QED) is 0.574. The number of halogens is 4. The standard InChI is InChI=1S/C18H14F4N2O4/c19-10-3-4-11(12(6-10)18(20,21)22)17(27)24-14(16(26)13-8-28-13)15(25)9-2-1-5-23-7-9/h1-7,13-15,25H,8H2,(H,24,27). The number of alkyl halides is 3. The number of pyridine rings is 1. The number of Topliss-reactive ketones (excluding diaryl/α,β-unsaturated/α-hetero) is 1. The molecule has 3 atom stereocenters. The van der Waals surface area contributed by atoms with E-state index in [4.69, 9.17) is 4.74 Å². The number of rotatable bonds is 6. The summed E-state index contributed by atoms with van der Waals surface area (Å²) >= 11 is 0. The SMILES string of the molecule is O=C(NC(C(=O)C1CO1)C(O)c1cccnc1)c1ccc(F)cc1C(F)(F)F. The van der Waals surface area contributed by atoms with E-state index in [2.05, 4.69) is 10.3 Å². The molecule has 1 aliphatic rings. The second-order valence-corrected chi connectivity index (χ2v) is 6.09. The number of aliphatic hydroxyl groups excluding tert-OH is 1. The molecular formula is C18H14F4N2O4. The lowest BCUT2D eigenvalue weighted by molar-refractivity contribution is -0.138. The van der Waals surface area contributed by atoms with Crippen LogP contribution in [0, 0.1) is 5.82 Å². The molecule has 148 valence electrons. The van der Waals surface area contributed by atoms with Crippen molar-refractivity contribution in [3.63, 3.8) is 0 Å². The summed E-state index contributed by atoms with van der Waals surface area (Å²) in [5.74, 6) is -3.15. The smallest absolute Gasteiger partial charge is 0.386 e. The van der Waals surface area contributed by atoms with Gasteiger partial charge in [-0.15, -0.1) is 0 Å². The summed E-state index contributed by atoms with van der Waals surface area (Å²) in [6.45, 7) is 0.0787. The molecule has 2 heterocycles. The fraction of sp³-hybridized carbons (Fsp3) is 0.278. The van der Waals surface area contributed by atoms with Gasteiger partial charge in [0.25, 0.3) is 5.91 Å². The van der Waals surface area contributed by atoms with E-state index < -0.39 is 53.1 Å². The maximum absolute atomic E-state index is 13.2. The fourth-order valence-electron chi connectivity index (χ4n) is 2.63. The first-order chi connectivity index (χ1) is 13.2. The van der Waals surface area contributed by atoms with Crippen LogP contribution in [0.15, 0.2) is 42.7 Å². The molecule has 2 N–H and O–H groups in total. The summed E-state index contributed by atoms with van der Waals surface area (Å²) in [5.41, 5.74) is -2.19. The molecule has 2 aromatic rings. The molecule has 0 saturated carbocycles. The molecule has 3 rings (SSSR count). The van der Waals surface area contributed by atoms with Crippen molar-refractivity contribution in [1.82, 2.24) is 10.3 Å². The highest BCUT2D eigenvalue weighted by molar-refractivity contribution is 6.00. The van der Waals surface area contributed by atoms with Gasteiger partial charge in [-0.3, -0.25) is 14.6 Å². The third kappa shape index (κ3) is 4.34. The van der Waals surface area contributed by atoms with Gasteiger partial charge in [0.05, 0.1) is 17.7 Å². The molecule has 3 unspecified atom stereocenters. The van der Waals surface area contributed by atoms with E-state index in [1.165, 1.54) is 24.5 Å². The number of carbonyl (C=O) groups excluding carboxylic acids is 2. The van der Waals surface area contributed by atoms with Crippen LogP contribution in [0.1, 0.15) is 27.6 Å². The number of ether oxygens (including phenoxy) is 1. The highest BCUT2D eigenvalue weighted by Gasteiger charge is 2.42. The van der Waals surface area contributed by atoms with Crippen LogP contribution in [-0.2, 0) is 15.7 Å². The van der Waals surface area contributed by atoms with Gasteiger partial charge in [0, 0.05) is 18.0 Å². The van der Waals surface area contributed by atoms with E-state index in [1.807, 2.05) is 0 Å². The van der Waals surface area contributed by atoms with Crippen molar-refractivity contribution in [3.8, 4) is 0 Å². The minimum Gasteiger partial charge on any atom is -0.386 e. The molecule has 0 spiro atoms. The van der Waals surface area contributed by atoms with Gasteiger partial charge < -0.3 is 15.2 Å². The third-order valence-corrected chi connectivity index (χ3v) is 4.12. The number of epoxide rings is 1. The number of ketones is 1. The highest BCUT2D eigenvalue weighted by Crippen LogP contribution is 2.33. The summed E-state index contributed by atoms with van der Waals surface area (Å²) < 4.78 is 57.6. The zero-order valence-electron chi connectivity index (χ0n) is 14.1. The number of benzene rings is 1. The number of hydrogen-bond donors (Lipinski definition) is 2. The van der Waals surface area contributed by atoms with Crippen molar-refractivity contribution in [2.45, 2.75) is 24.4 Å². The Hall–Kier alpha value is -2.85. The predicted octanol–water partition coefficient (Wildman–Crippen LogP) is 2.04. The van der Waals surface area contributed by atoms with Crippen molar-refractivity contribution in [1.29, 1.82) is 0 Å². The number of aromatic nitrogens is 1. The van der Waals surface area contributed by atoms with Gasteiger partial charge >= 0.3 is 6.18 Å².